The molecule has 0 radical (unpaired) electrons. The van der Waals surface area contributed by atoms with E-state index in [0.29, 0.717) is 63.3 Å². The Kier molecular flexibility index (Phi) is 9.40. The number of carbonyl (C=O) groups excluding carboxylic acids is 1. The zero-order valence-electron chi connectivity index (χ0n) is 23.0. The summed E-state index contributed by atoms with van der Waals surface area (Å²) >= 11 is 7.79. The van der Waals surface area contributed by atoms with Gasteiger partial charge in [-0.25, -0.2) is 23.7 Å². The first-order valence-electron chi connectivity index (χ1n) is 13.1. The number of nitrogens with one attached hydrogen (secondary N) is 4. The summed E-state index contributed by atoms with van der Waals surface area (Å²) in [7, 11) is 3.60. The highest BCUT2D eigenvalue weighted by molar-refractivity contribution is 7.19. The summed E-state index contributed by atoms with van der Waals surface area (Å²) in [6.07, 6.45) is 1.63. The van der Waals surface area contributed by atoms with Crippen LogP contribution in [0.5, 0.6) is 5.75 Å². The normalized spacial score (nSPS) is 10.8. The van der Waals surface area contributed by atoms with Crippen LogP contribution in [0.3, 0.4) is 0 Å². The summed E-state index contributed by atoms with van der Waals surface area (Å²) < 4.78 is 34.0. The van der Waals surface area contributed by atoms with Gasteiger partial charge in [-0.1, -0.05) is 41.1 Å². The molecule has 0 bridgehead atoms. The van der Waals surface area contributed by atoms with E-state index >= 15 is 0 Å². The SMILES string of the molecule is CNCCOc1ccc(Nc2nccc(-c3sc(NC)nc3-c3cccc(NC(=O)c4c(F)cccc4F)c3)n2)cc1Cl. The Morgan fingerprint density at radius 2 is 1.77 bits per heavy atom. The summed E-state index contributed by atoms with van der Waals surface area (Å²) in [6.45, 7) is 1.18. The van der Waals surface area contributed by atoms with E-state index in [2.05, 4.69) is 26.3 Å². The van der Waals surface area contributed by atoms with Crippen molar-refractivity contribution in [3.05, 3.63) is 95.1 Å². The molecular weight excluding hydrogens is 596 g/mol. The molecule has 0 aliphatic carbocycles. The van der Waals surface area contributed by atoms with Gasteiger partial charge in [-0.15, -0.1) is 0 Å². The predicted octanol–water partition coefficient (Wildman–Crippen LogP) is 6.83. The van der Waals surface area contributed by atoms with E-state index in [1.165, 1.54) is 17.4 Å². The van der Waals surface area contributed by atoms with Crippen LogP contribution in [-0.4, -0.2) is 48.1 Å². The average molecular weight is 622 g/mol. The van der Waals surface area contributed by atoms with Gasteiger partial charge in [0.15, 0.2) is 5.13 Å². The number of aromatic nitrogens is 3. The number of hydrogen-bond donors (Lipinski definition) is 4. The number of amides is 1. The molecule has 220 valence electrons. The van der Waals surface area contributed by atoms with Crippen LogP contribution in [0.4, 0.5) is 31.2 Å². The van der Waals surface area contributed by atoms with Gasteiger partial charge in [0.1, 0.15) is 29.6 Å². The molecule has 13 heteroatoms. The molecule has 0 aliphatic rings. The van der Waals surface area contributed by atoms with Crippen molar-refractivity contribution in [1.82, 2.24) is 20.3 Å². The number of carbonyl (C=O) groups is 1. The smallest absolute Gasteiger partial charge is 0.261 e. The number of ether oxygens (including phenoxy) is 1. The molecule has 0 saturated heterocycles. The van der Waals surface area contributed by atoms with Crippen molar-refractivity contribution in [3.63, 3.8) is 0 Å². The molecule has 43 heavy (non-hydrogen) atoms. The Morgan fingerprint density at radius 3 is 2.51 bits per heavy atom. The molecule has 0 unspecified atom stereocenters. The second-order valence-electron chi connectivity index (χ2n) is 9.07. The summed E-state index contributed by atoms with van der Waals surface area (Å²) in [5.41, 5.74) is 2.23. The summed E-state index contributed by atoms with van der Waals surface area (Å²) in [5, 5.41) is 12.9. The van der Waals surface area contributed by atoms with Crippen LogP contribution in [0.15, 0.2) is 72.9 Å². The number of rotatable bonds is 11. The van der Waals surface area contributed by atoms with Gasteiger partial charge in [-0.2, -0.15) is 0 Å². The van der Waals surface area contributed by atoms with Crippen molar-refractivity contribution in [2.45, 2.75) is 0 Å². The highest BCUT2D eigenvalue weighted by atomic mass is 35.5. The van der Waals surface area contributed by atoms with Crippen molar-refractivity contribution >= 4 is 51.3 Å². The molecule has 9 nitrogen and oxygen atoms in total. The largest absolute Gasteiger partial charge is 0.491 e. The highest BCUT2D eigenvalue weighted by Gasteiger charge is 2.20. The number of anilines is 4. The van der Waals surface area contributed by atoms with Crippen molar-refractivity contribution < 1.29 is 18.3 Å². The quantitative estimate of drug-likeness (QED) is 0.119. The lowest BCUT2D eigenvalue weighted by atomic mass is 10.1. The molecule has 5 aromatic rings. The topological polar surface area (TPSA) is 113 Å². The first kappa shape index (κ1) is 29.8. The van der Waals surface area contributed by atoms with Gasteiger partial charge in [-0.3, -0.25) is 4.79 Å². The summed E-state index contributed by atoms with van der Waals surface area (Å²) in [4.78, 5) is 27.2. The first-order valence-corrected chi connectivity index (χ1v) is 14.3. The van der Waals surface area contributed by atoms with Crippen LogP contribution in [0.2, 0.25) is 5.02 Å². The zero-order valence-corrected chi connectivity index (χ0v) is 24.6. The Labute approximate surface area is 255 Å². The number of thiazole rings is 1. The average Bonchev–Trinajstić information content (AvgIpc) is 3.44. The molecule has 4 N–H and O–H groups in total. The highest BCUT2D eigenvalue weighted by Crippen LogP contribution is 2.39. The predicted molar refractivity (Wildman–Crippen MR) is 167 cm³/mol. The molecule has 0 atom stereocenters. The van der Waals surface area contributed by atoms with E-state index in [1.54, 1.807) is 49.6 Å². The van der Waals surface area contributed by atoms with Crippen LogP contribution < -0.4 is 26.0 Å². The van der Waals surface area contributed by atoms with E-state index in [-0.39, 0.29) is 0 Å². The van der Waals surface area contributed by atoms with Crippen LogP contribution in [-0.2, 0) is 0 Å². The molecular formula is C30H26ClF2N7O2S. The fourth-order valence-corrected chi connectivity index (χ4v) is 5.23. The lowest BCUT2D eigenvalue weighted by molar-refractivity contribution is 0.101. The van der Waals surface area contributed by atoms with Gasteiger partial charge in [0.25, 0.3) is 5.91 Å². The lowest BCUT2D eigenvalue weighted by Crippen LogP contribution is -2.16. The molecule has 2 heterocycles. The second-order valence-corrected chi connectivity index (χ2v) is 10.5. The molecule has 0 saturated carbocycles. The van der Waals surface area contributed by atoms with Crippen molar-refractivity contribution in [2.24, 2.45) is 0 Å². The Morgan fingerprint density at radius 1 is 0.977 bits per heavy atom. The number of hydrogen-bond acceptors (Lipinski definition) is 9. The van der Waals surface area contributed by atoms with Crippen molar-refractivity contribution in [1.29, 1.82) is 0 Å². The van der Waals surface area contributed by atoms with Crippen molar-refractivity contribution in [3.8, 4) is 27.6 Å². The van der Waals surface area contributed by atoms with E-state index in [1.807, 2.05) is 19.2 Å². The van der Waals surface area contributed by atoms with Gasteiger partial charge >= 0.3 is 0 Å². The van der Waals surface area contributed by atoms with Crippen LogP contribution in [0, 0.1) is 11.6 Å². The number of likely N-dealkylation sites (N-methyl/N-ethyl adjacent to an activating group) is 1. The second kappa shape index (κ2) is 13.6. The monoisotopic (exact) mass is 621 g/mol. The number of halogens is 3. The third kappa shape index (κ3) is 7.05. The Hall–Kier alpha value is -4.65. The van der Waals surface area contributed by atoms with Crippen molar-refractivity contribution in [2.75, 3.05) is 43.2 Å². The fourth-order valence-electron chi connectivity index (χ4n) is 4.08. The third-order valence-corrected chi connectivity index (χ3v) is 7.50. The molecule has 0 fully saturated rings. The minimum Gasteiger partial charge on any atom is -0.491 e. The van der Waals surface area contributed by atoms with E-state index in [9.17, 15) is 13.6 Å². The Balaban J connectivity index is 1.40. The molecule has 5 rings (SSSR count). The van der Waals surface area contributed by atoms with Gasteiger partial charge < -0.3 is 26.0 Å². The van der Waals surface area contributed by atoms with E-state index in [0.717, 1.165) is 17.0 Å². The standard InChI is InChI=1S/C30H26ClF2N7O2S/c1-34-13-14-42-24-10-9-19(16-20(24)31)38-29-36-12-11-23(39-29)27-26(40-30(35-2)43-27)17-5-3-6-18(15-17)37-28(41)25-21(32)7-4-8-22(25)33/h3-12,15-16,34H,13-14H2,1-2H3,(H,35,40)(H,37,41)(H,36,38,39). The molecule has 1 amide bonds. The molecule has 2 aromatic heterocycles. The molecule has 0 aliphatic heterocycles. The molecule has 3 aromatic carbocycles. The summed E-state index contributed by atoms with van der Waals surface area (Å²) in [5.74, 6) is -1.87. The summed E-state index contributed by atoms with van der Waals surface area (Å²) in [6, 6.07) is 17.2. The van der Waals surface area contributed by atoms with Crippen LogP contribution in [0.25, 0.3) is 21.8 Å². The number of nitrogens with zero attached hydrogens (tertiary/aromatic N) is 3. The van der Waals surface area contributed by atoms with E-state index in [4.69, 9.17) is 26.3 Å². The number of benzene rings is 3. The van der Waals surface area contributed by atoms with Crippen LogP contribution in [0.1, 0.15) is 10.4 Å². The van der Waals surface area contributed by atoms with Gasteiger partial charge in [0.05, 0.1) is 21.3 Å². The molecule has 0 spiro atoms. The first-order chi connectivity index (χ1) is 20.9. The maximum Gasteiger partial charge on any atom is 0.261 e. The minimum atomic E-state index is -0.946. The van der Waals surface area contributed by atoms with Gasteiger partial charge in [0, 0.05) is 36.7 Å². The maximum absolute atomic E-state index is 14.1. The third-order valence-electron chi connectivity index (χ3n) is 6.11. The van der Waals surface area contributed by atoms with Crippen LogP contribution >= 0.6 is 22.9 Å². The van der Waals surface area contributed by atoms with Gasteiger partial charge in [0.2, 0.25) is 5.95 Å². The zero-order chi connectivity index (χ0) is 30.3. The fraction of sp³-hybridized carbons (Fsp3) is 0.133. The Bertz CT molecular complexity index is 1750. The van der Waals surface area contributed by atoms with Gasteiger partial charge in [-0.05, 0) is 55.6 Å². The minimum absolute atomic E-state index is 0.343. The van der Waals surface area contributed by atoms with E-state index < -0.39 is 23.1 Å². The lowest BCUT2D eigenvalue weighted by Gasteiger charge is -2.11. The maximum atomic E-state index is 14.1.